The molecule has 0 saturated heterocycles. The molecule has 41 heavy (non-hydrogen) atoms. The summed E-state index contributed by atoms with van der Waals surface area (Å²) in [6, 6.07) is 22.6. The van der Waals surface area contributed by atoms with E-state index in [9.17, 15) is 22.4 Å². The van der Waals surface area contributed by atoms with E-state index in [2.05, 4.69) is 15.0 Å². The molecule has 0 spiro atoms. The van der Waals surface area contributed by atoms with Crippen LogP contribution in [0.25, 0.3) is 0 Å². The summed E-state index contributed by atoms with van der Waals surface area (Å²) in [4.78, 5) is 31.7. The molecule has 212 valence electrons. The Hall–Kier alpha value is -4.77. The zero-order valence-corrected chi connectivity index (χ0v) is 23.1. The molecule has 0 aliphatic heterocycles. The van der Waals surface area contributed by atoms with Crippen molar-refractivity contribution in [2.24, 2.45) is 0 Å². The van der Waals surface area contributed by atoms with Crippen LogP contribution in [0.15, 0.2) is 108 Å². The molecule has 0 saturated carbocycles. The third-order valence-electron chi connectivity index (χ3n) is 6.15. The summed E-state index contributed by atoms with van der Waals surface area (Å²) in [6.07, 6.45) is 3.30. The summed E-state index contributed by atoms with van der Waals surface area (Å²) >= 11 is 0. The van der Waals surface area contributed by atoms with Gasteiger partial charge >= 0.3 is 0 Å². The predicted octanol–water partition coefficient (Wildman–Crippen LogP) is 4.13. The molecule has 4 rings (SSSR count). The van der Waals surface area contributed by atoms with Gasteiger partial charge < -0.3 is 15.0 Å². The highest BCUT2D eigenvalue weighted by molar-refractivity contribution is 7.92. The van der Waals surface area contributed by atoms with Gasteiger partial charge in [-0.1, -0.05) is 36.4 Å². The quantitative estimate of drug-likeness (QED) is 0.262. The van der Waals surface area contributed by atoms with Crippen molar-refractivity contribution < 1.29 is 27.1 Å². The Kier molecular flexibility index (Phi) is 9.64. The molecule has 0 bridgehead atoms. The Morgan fingerprint density at radius 1 is 0.927 bits per heavy atom. The molecule has 1 atom stereocenters. The first-order valence-electron chi connectivity index (χ1n) is 12.7. The Bertz CT molecular complexity index is 1550. The summed E-state index contributed by atoms with van der Waals surface area (Å²) in [7, 11) is -3.92. The second-order valence-corrected chi connectivity index (χ2v) is 10.8. The molecule has 4 aromatic rings. The van der Waals surface area contributed by atoms with E-state index in [1.54, 1.807) is 25.4 Å². The first-order valence-corrected chi connectivity index (χ1v) is 14.2. The van der Waals surface area contributed by atoms with Crippen molar-refractivity contribution in [2.75, 3.05) is 11.3 Å². The molecule has 0 aliphatic rings. The van der Waals surface area contributed by atoms with Crippen LogP contribution in [0.3, 0.4) is 0 Å². The van der Waals surface area contributed by atoms with Gasteiger partial charge in [-0.2, -0.15) is 0 Å². The van der Waals surface area contributed by atoms with E-state index in [-0.39, 0.29) is 41.9 Å². The standard InChI is InChI=1S/C30H29FN4O5S/c1-22(30(37)33-19-24-8-5-17-32-18-24)35(20-23-6-3-2-4-7-23)29(36)21-40-27-13-15-28(16-14-27)41(38,39)34-26-11-9-25(31)10-12-26/h2-18,22,34H,19-21H2,1H3,(H,33,37)/t22-/m0/s1. The molecule has 0 radical (unpaired) electrons. The van der Waals surface area contributed by atoms with Crippen molar-refractivity contribution >= 4 is 27.5 Å². The molecule has 2 N–H and O–H groups in total. The molecule has 9 nitrogen and oxygen atoms in total. The normalized spacial score (nSPS) is 11.8. The minimum Gasteiger partial charge on any atom is -0.484 e. The maximum Gasteiger partial charge on any atom is 0.261 e. The number of nitrogens with one attached hydrogen (secondary N) is 2. The second-order valence-electron chi connectivity index (χ2n) is 9.13. The number of amides is 2. The molecule has 0 unspecified atom stereocenters. The first kappa shape index (κ1) is 29.2. The minimum atomic E-state index is -3.92. The monoisotopic (exact) mass is 576 g/mol. The SMILES string of the molecule is C[C@@H](C(=O)NCc1cccnc1)N(Cc1ccccc1)C(=O)COc1ccc(S(=O)(=O)Nc2ccc(F)cc2)cc1. The minimum absolute atomic E-state index is 0.0369. The Morgan fingerprint density at radius 3 is 2.27 bits per heavy atom. The van der Waals surface area contributed by atoms with E-state index in [0.29, 0.717) is 0 Å². The van der Waals surface area contributed by atoms with Crippen molar-refractivity contribution in [3.05, 3.63) is 120 Å². The fourth-order valence-corrected chi connectivity index (χ4v) is 4.94. The number of nitrogens with zero attached hydrogens (tertiary/aromatic N) is 2. The van der Waals surface area contributed by atoms with E-state index in [0.717, 1.165) is 23.3 Å². The molecule has 3 aromatic carbocycles. The van der Waals surface area contributed by atoms with Crippen molar-refractivity contribution in [3.8, 4) is 5.75 Å². The number of aromatic nitrogens is 1. The van der Waals surface area contributed by atoms with Crippen LogP contribution in [0, 0.1) is 5.82 Å². The maximum atomic E-state index is 13.3. The van der Waals surface area contributed by atoms with Gasteiger partial charge in [0.25, 0.3) is 15.9 Å². The number of hydrogen-bond acceptors (Lipinski definition) is 6. The molecule has 0 aliphatic carbocycles. The zero-order chi connectivity index (χ0) is 29.2. The van der Waals surface area contributed by atoms with Crippen LogP contribution >= 0.6 is 0 Å². The lowest BCUT2D eigenvalue weighted by Gasteiger charge is -2.28. The molecule has 0 fully saturated rings. The summed E-state index contributed by atoms with van der Waals surface area (Å²) in [5, 5.41) is 2.84. The van der Waals surface area contributed by atoms with Crippen LogP contribution in [0.5, 0.6) is 5.75 Å². The predicted molar refractivity (Wildman–Crippen MR) is 152 cm³/mol. The highest BCUT2D eigenvalue weighted by atomic mass is 32.2. The average Bonchev–Trinajstić information content (AvgIpc) is 2.99. The van der Waals surface area contributed by atoms with Crippen LogP contribution in [0.4, 0.5) is 10.1 Å². The van der Waals surface area contributed by atoms with Gasteiger partial charge in [-0.25, -0.2) is 12.8 Å². The van der Waals surface area contributed by atoms with Crippen LogP contribution in [-0.2, 0) is 32.7 Å². The highest BCUT2D eigenvalue weighted by Crippen LogP contribution is 2.20. The Labute approximate surface area is 238 Å². The number of carbonyl (C=O) groups is 2. The molecule has 2 amide bonds. The lowest BCUT2D eigenvalue weighted by molar-refractivity contribution is -0.142. The fourth-order valence-electron chi connectivity index (χ4n) is 3.88. The fraction of sp³-hybridized carbons (Fsp3) is 0.167. The van der Waals surface area contributed by atoms with Crippen LogP contribution in [-0.4, -0.2) is 42.8 Å². The number of pyridine rings is 1. The average molecular weight is 577 g/mol. The summed E-state index contributed by atoms with van der Waals surface area (Å²) < 4.78 is 46.5. The van der Waals surface area contributed by atoms with Crippen molar-refractivity contribution in [1.82, 2.24) is 15.2 Å². The number of anilines is 1. The van der Waals surface area contributed by atoms with Gasteiger partial charge in [0.05, 0.1) is 4.90 Å². The summed E-state index contributed by atoms with van der Waals surface area (Å²) in [6.45, 7) is 1.74. The highest BCUT2D eigenvalue weighted by Gasteiger charge is 2.26. The number of ether oxygens (including phenoxy) is 1. The van der Waals surface area contributed by atoms with Crippen molar-refractivity contribution in [3.63, 3.8) is 0 Å². The van der Waals surface area contributed by atoms with Crippen LogP contribution in [0.2, 0.25) is 0 Å². The molecule has 1 aromatic heterocycles. The number of carbonyl (C=O) groups excluding carboxylic acids is 2. The van der Waals surface area contributed by atoms with E-state index in [1.165, 1.54) is 41.3 Å². The summed E-state index contributed by atoms with van der Waals surface area (Å²) in [5.74, 6) is -0.965. The number of hydrogen-bond donors (Lipinski definition) is 2. The molecule has 11 heteroatoms. The van der Waals surface area contributed by atoms with Gasteiger partial charge in [-0.3, -0.25) is 19.3 Å². The first-order chi connectivity index (χ1) is 19.7. The van der Waals surface area contributed by atoms with Crippen LogP contribution in [0.1, 0.15) is 18.1 Å². The maximum absolute atomic E-state index is 13.3. The Balaban J connectivity index is 1.40. The number of halogens is 1. The van der Waals surface area contributed by atoms with Gasteiger partial charge in [0.2, 0.25) is 5.91 Å². The molecular formula is C30H29FN4O5S. The second kappa shape index (κ2) is 13.5. The molecule has 1 heterocycles. The lowest BCUT2D eigenvalue weighted by Crippen LogP contribution is -2.48. The van der Waals surface area contributed by atoms with E-state index < -0.39 is 27.8 Å². The van der Waals surface area contributed by atoms with E-state index >= 15 is 0 Å². The van der Waals surface area contributed by atoms with Gasteiger partial charge in [0.1, 0.15) is 17.6 Å². The van der Waals surface area contributed by atoms with Crippen molar-refractivity contribution in [1.29, 1.82) is 0 Å². The van der Waals surface area contributed by atoms with Crippen LogP contribution < -0.4 is 14.8 Å². The van der Waals surface area contributed by atoms with Gasteiger partial charge in [0.15, 0.2) is 6.61 Å². The Morgan fingerprint density at radius 2 is 1.61 bits per heavy atom. The number of rotatable bonds is 12. The van der Waals surface area contributed by atoms with E-state index in [4.69, 9.17) is 4.74 Å². The van der Waals surface area contributed by atoms with Gasteiger partial charge in [0, 0.05) is 31.2 Å². The lowest BCUT2D eigenvalue weighted by atomic mass is 10.1. The van der Waals surface area contributed by atoms with Crippen molar-refractivity contribution in [2.45, 2.75) is 31.0 Å². The third-order valence-corrected chi connectivity index (χ3v) is 7.54. The number of sulfonamides is 1. The smallest absolute Gasteiger partial charge is 0.261 e. The van der Waals surface area contributed by atoms with Gasteiger partial charge in [-0.05, 0) is 72.6 Å². The van der Waals surface area contributed by atoms with Gasteiger partial charge in [-0.15, -0.1) is 0 Å². The summed E-state index contributed by atoms with van der Waals surface area (Å²) in [5.41, 5.74) is 1.89. The molecular weight excluding hydrogens is 547 g/mol. The number of benzene rings is 3. The van der Waals surface area contributed by atoms with E-state index in [1.807, 2.05) is 36.4 Å². The zero-order valence-electron chi connectivity index (χ0n) is 22.2. The third kappa shape index (κ3) is 8.36. The largest absolute Gasteiger partial charge is 0.484 e. The topological polar surface area (TPSA) is 118 Å².